The average molecular weight is 352 g/mol. The van der Waals surface area contributed by atoms with Gasteiger partial charge < -0.3 is 0 Å². The van der Waals surface area contributed by atoms with Gasteiger partial charge in [0.1, 0.15) is 5.82 Å². The lowest BCUT2D eigenvalue weighted by Gasteiger charge is -2.08. The van der Waals surface area contributed by atoms with Crippen LogP contribution in [0.4, 0.5) is 4.39 Å². The molecule has 7 heteroatoms. The van der Waals surface area contributed by atoms with Crippen LogP contribution in [0, 0.1) is 5.82 Å². The van der Waals surface area contributed by atoms with Crippen LogP contribution in [0.2, 0.25) is 0 Å². The van der Waals surface area contributed by atoms with Crippen LogP contribution in [0.1, 0.15) is 29.4 Å². The van der Waals surface area contributed by atoms with Crippen molar-refractivity contribution >= 4 is 22.4 Å². The van der Waals surface area contributed by atoms with Crippen molar-refractivity contribution in [1.29, 1.82) is 0 Å². The molecule has 0 unspecified atom stereocenters. The molecule has 0 atom stereocenters. The van der Waals surface area contributed by atoms with Crippen LogP contribution in [0.5, 0.6) is 0 Å². The summed E-state index contributed by atoms with van der Waals surface area (Å²) in [6.07, 6.45) is 0.549. The Morgan fingerprint density at radius 3 is 2.46 bits per heavy atom. The summed E-state index contributed by atoms with van der Waals surface area (Å²) in [5, 5.41) is 9.08. The highest BCUT2D eigenvalue weighted by atomic mass is 19.1. The number of aromatic nitrogens is 2. The van der Waals surface area contributed by atoms with Crippen LogP contribution in [-0.4, -0.2) is 21.4 Å². The van der Waals surface area contributed by atoms with Gasteiger partial charge >= 0.3 is 0 Å². The zero-order valence-corrected chi connectivity index (χ0v) is 14.4. The number of hydrogen-bond donors (Lipinski definition) is 1. The first-order chi connectivity index (χ1) is 12.5. The van der Waals surface area contributed by atoms with Crippen molar-refractivity contribution in [1.82, 2.24) is 15.2 Å². The molecule has 0 aliphatic carbocycles. The summed E-state index contributed by atoms with van der Waals surface area (Å²) >= 11 is 0. The van der Waals surface area contributed by atoms with Crippen LogP contribution >= 0.6 is 0 Å². The van der Waals surface area contributed by atoms with Crippen molar-refractivity contribution in [2.24, 2.45) is 12.1 Å². The van der Waals surface area contributed by atoms with Crippen molar-refractivity contribution in [3.05, 3.63) is 76.0 Å². The third kappa shape index (κ3) is 3.37. The highest BCUT2D eigenvalue weighted by Gasteiger charge is 2.15. The first-order valence-corrected chi connectivity index (χ1v) is 8.10. The van der Waals surface area contributed by atoms with Crippen molar-refractivity contribution in [3.63, 3.8) is 0 Å². The molecule has 0 saturated heterocycles. The number of rotatable bonds is 4. The summed E-state index contributed by atoms with van der Waals surface area (Å²) in [7, 11) is 1.49. The third-order valence-electron chi connectivity index (χ3n) is 3.98. The molecule has 3 aromatic rings. The largest absolute Gasteiger partial charge is 0.292 e. The maximum atomic E-state index is 13.1. The molecular formula is C19H17FN4O2. The second-order valence-electron chi connectivity index (χ2n) is 5.68. The van der Waals surface area contributed by atoms with Gasteiger partial charge in [0.2, 0.25) is 0 Å². The van der Waals surface area contributed by atoms with Gasteiger partial charge in [0.15, 0.2) is 5.69 Å². The van der Waals surface area contributed by atoms with E-state index in [0.29, 0.717) is 28.5 Å². The number of halogens is 1. The molecule has 132 valence electrons. The Bertz CT molecular complexity index is 1060. The molecule has 0 bridgehead atoms. The van der Waals surface area contributed by atoms with Gasteiger partial charge in [0.05, 0.1) is 11.1 Å². The van der Waals surface area contributed by atoms with Crippen LogP contribution in [0.25, 0.3) is 10.8 Å². The van der Waals surface area contributed by atoms with Gasteiger partial charge in [0.25, 0.3) is 11.5 Å². The number of benzene rings is 2. The van der Waals surface area contributed by atoms with E-state index >= 15 is 0 Å². The number of aryl methyl sites for hydroxylation is 1. The molecule has 26 heavy (non-hydrogen) atoms. The Hall–Kier alpha value is -3.35. The molecule has 0 aliphatic rings. The smallest absolute Gasteiger partial charge is 0.267 e. The standard InChI is InChI=1S/C19H17FN4O2/c1-3-16(12-8-10-13(20)11-9-12)21-22-18(25)17-14-6-4-5-7-15(14)19(26)24(2)23-17/h4-11H,3H2,1-2H3,(H,22,25)/b21-16-. The predicted molar refractivity (Wildman–Crippen MR) is 97.7 cm³/mol. The summed E-state index contributed by atoms with van der Waals surface area (Å²) in [6.45, 7) is 1.88. The van der Waals surface area contributed by atoms with Gasteiger partial charge in [-0.05, 0) is 30.2 Å². The highest BCUT2D eigenvalue weighted by Crippen LogP contribution is 2.13. The number of nitrogens with zero attached hydrogens (tertiary/aromatic N) is 3. The van der Waals surface area contributed by atoms with E-state index in [4.69, 9.17) is 0 Å². The van der Waals surface area contributed by atoms with Gasteiger partial charge in [-0.15, -0.1) is 0 Å². The minimum absolute atomic E-state index is 0.112. The maximum Gasteiger partial charge on any atom is 0.292 e. The lowest BCUT2D eigenvalue weighted by molar-refractivity contribution is 0.0949. The van der Waals surface area contributed by atoms with E-state index in [0.717, 1.165) is 4.68 Å². The fraction of sp³-hybridized carbons (Fsp3) is 0.158. The number of carbonyl (C=O) groups is 1. The van der Waals surface area contributed by atoms with Crippen LogP contribution in [0.15, 0.2) is 58.4 Å². The summed E-state index contributed by atoms with van der Waals surface area (Å²) < 4.78 is 14.2. The van der Waals surface area contributed by atoms with Gasteiger partial charge in [-0.1, -0.05) is 37.3 Å². The topological polar surface area (TPSA) is 76.3 Å². The predicted octanol–water partition coefficient (Wildman–Crippen LogP) is 2.62. The number of hydrazone groups is 1. The summed E-state index contributed by atoms with van der Waals surface area (Å²) in [4.78, 5) is 24.7. The van der Waals surface area contributed by atoms with E-state index < -0.39 is 5.91 Å². The first-order valence-electron chi connectivity index (χ1n) is 8.10. The van der Waals surface area contributed by atoms with E-state index in [2.05, 4.69) is 15.6 Å². The van der Waals surface area contributed by atoms with Gasteiger partial charge in [-0.25, -0.2) is 14.5 Å². The molecule has 0 spiro atoms. The molecule has 0 saturated carbocycles. The number of nitrogens with one attached hydrogen (secondary N) is 1. The number of carbonyl (C=O) groups excluding carboxylic acids is 1. The summed E-state index contributed by atoms with van der Waals surface area (Å²) in [5.41, 5.74) is 3.63. The molecule has 3 rings (SSSR count). The molecule has 6 nitrogen and oxygen atoms in total. The van der Waals surface area contributed by atoms with E-state index in [1.165, 1.54) is 19.2 Å². The van der Waals surface area contributed by atoms with Gasteiger partial charge in [-0.3, -0.25) is 9.59 Å². The zero-order valence-electron chi connectivity index (χ0n) is 14.4. The normalized spacial score (nSPS) is 11.6. The number of fused-ring (bicyclic) bond motifs is 1. The molecule has 1 aromatic heterocycles. The Labute approximate surface area is 149 Å². The zero-order chi connectivity index (χ0) is 18.7. The Morgan fingerprint density at radius 1 is 1.15 bits per heavy atom. The van der Waals surface area contributed by atoms with Crippen LogP contribution in [-0.2, 0) is 7.05 Å². The minimum atomic E-state index is -0.523. The average Bonchev–Trinajstić information content (AvgIpc) is 2.66. The number of hydrogen-bond acceptors (Lipinski definition) is 4. The Balaban J connectivity index is 1.95. The lowest BCUT2D eigenvalue weighted by Crippen LogP contribution is -2.27. The fourth-order valence-electron chi connectivity index (χ4n) is 2.63. The minimum Gasteiger partial charge on any atom is -0.267 e. The third-order valence-corrected chi connectivity index (χ3v) is 3.98. The van der Waals surface area contributed by atoms with Gasteiger partial charge in [-0.2, -0.15) is 10.2 Å². The second-order valence-corrected chi connectivity index (χ2v) is 5.68. The molecular weight excluding hydrogens is 335 g/mol. The quantitative estimate of drug-likeness (QED) is 0.579. The Kier molecular flexibility index (Phi) is 4.88. The van der Waals surface area contributed by atoms with E-state index in [-0.39, 0.29) is 17.1 Å². The number of amides is 1. The summed E-state index contributed by atoms with van der Waals surface area (Å²) in [5.74, 6) is -0.862. The van der Waals surface area contributed by atoms with Crippen LogP contribution < -0.4 is 11.0 Å². The first kappa shape index (κ1) is 17.5. The molecule has 2 aromatic carbocycles. The molecule has 0 aliphatic heterocycles. The monoisotopic (exact) mass is 352 g/mol. The van der Waals surface area contributed by atoms with Crippen molar-refractivity contribution in [2.75, 3.05) is 0 Å². The second kappa shape index (κ2) is 7.26. The highest BCUT2D eigenvalue weighted by molar-refractivity contribution is 6.06. The van der Waals surface area contributed by atoms with Crippen molar-refractivity contribution in [2.45, 2.75) is 13.3 Å². The van der Waals surface area contributed by atoms with E-state index in [9.17, 15) is 14.0 Å². The van der Waals surface area contributed by atoms with Gasteiger partial charge in [0, 0.05) is 12.4 Å². The molecule has 0 fully saturated rings. The fourth-order valence-corrected chi connectivity index (χ4v) is 2.63. The SMILES string of the molecule is CC/C(=N/NC(=O)c1nn(C)c(=O)c2ccccc12)c1ccc(F)cc1. The van der Waals surface area contributed by atoms with E-state index in [1.807, 2.05) is 6.92 Å². The van der Waals surface area contributed by atoms with E-state index in [1.54, 1.807) is 36.4 Å². The van der Waals surface area contributed by atoms with Crippen LogP contribution in [0.3, 0.4) is 0 Å². The molecule has 1 N–H and O–H groups in total. The molecule has 1 amide bonds. The van der Waals surface area contributed by atoms with Crippen molar-refractivity contribution < 1.29 is 9.18 Å². The lowest BCUT2D eigenvalue weighted by atomic mass is 10.1. The maximum absolute atomic E-state index is 13.1. The Morgan fingerprint density at radius 2 is 1.81 bits per heavy atom. The summed E-state index contributed by atoms with van der Waals surface area (Å²) in [6, 6.07) is 12.7. The molecule has 1 heterocycles. The molecule has 0 radical (unpaired) electrons. The van der Waals surface area contributed by atoms with Crippen molar-refractivity contribution in [3.8, 4) is 0 Å².